The molecular formula is C33H40O19. The molecule has 2 aromatic carbocycles. The quantitative estimate of drug-likeness (QED) is 0.113. The van der Waals surface area contributed by atoms with Crippen molar-refractivity contribution in [1.29, 1.82) is 0 Å². The summed E-state index contributed by atoms with van der Waals surface area (Å²) in [5.74, 6) is -2.01. The summed E-state index contributed by atoms with van der Waals surface area (Å²) in [4.78, 5) is 12.7. The molecule has 0 unspecified atom stereocenters. The van der Waals surface area contributed by atoms with E-state index in [1.54, 1.807) is 0 Å². The van der Waals surface area contributed by atoms with E-state index in [-0.39, 0.29) is 33.8 Å². The molecular weight excluding hydrogens is 700 g/mol. The highest BCUT2D eigenvalue weighted by molar-refractivity contribution is 5.88. The van der Waals surface area contributed by atoms with Crippen LogP contribution < -0.4 is 10.2 Å². The Morgan fingerprint density at radius 1 is 0.673 bits per heavy atom. The summed E-state index contributed by atoms with van der Waals surface area (Å²) in [5.41, 5.74) is -0.957. The third-order valence-corrected chi connectivity index (χ3v) is 9.28. The number of aromatic hydroxyl groups is 3. The number of hydrogen-bond donors (Lipinski definition) is 11. The lowest BCUT2D eigenvalue weighted by Crippen LogP contribution is -2.64. The molecule has 11 N–H and O–H groups in total. The fraction of sp³-hybridized carbons (Fsp3) is 0.545. The van der Waals surface area contributed by atoms with Crippen LogP contribution in [0.1, 0.15) is 13.8 Å². The third kappa shape index (κ3) is 7.16. The second-order valence-electron chi connectivity index (χ2n) is 12.9. The molecule has 0 amide bonds. The Kier molecular flexibility index (Phi) is 11.0. The van der Waals surface area contributed by atoms with Crippen LogP contribution in [0.3, 0.4) is 0 Å². The lowest BCUT2D eigenvalue weighted by Gasteiger charge is -2.46. The van der Waals surface area contributed by atoms with Gasteiger partial charge in [-0.3, -0.25) is 4.79 Å². The summed E-state index contributed by atoms with van der Waals surface area (Å²) < 4.78 is 39.3. The number of hydrogen-bond acceptors (Lipinski definition) is 19. The highest BCUT2D eigenvalue weighted by Crippen LogP contribution is 2.36. The summed E-state index contributed by atoms with van der Waals surface area (Å²) in [7, 11) is 0. The molecule has 4 heterocycles. The molecule has 1 aromatic heterocycles. The molecule has 52 heavy (non-hydrogen) atoms. The van der Waals surface area contributed by atoms with Crippen molar-refractivity contribution in [2.24, 2.45) is 0 Å². The van der Waals surface area contributed by atoms with Crippen molar-refractivity contribution in [3.63, 3.8) is 0 Å². The zero-order chi connectivity index (χ0) is 37.8. The Labute approximate surface area is 293 Å². The number of ether oxygens (including phenoxy) is 6. The Bertz CT molecular complexity index is 1770. The lowest BCUT2D eigenvalue weighted by molar-refractivity contribution is -0.358. The molecule has 15 atom stereocenters. The average molecular weight is 741 g/mol. The Balaban J connectivity index is 1.12. The summed E-state index contributed by atoms with van der Waals surface area (Å²) in [6.07, 6.45) is -22.8. The fourth-order valence-electron chi connectivity index (χ4n) is 6.21. The Morgan fingerprint density at radius 2 is 1.29 bits per heavy atom. The van der Waals surface area contributed by atoms with Gasteiger partial charge in [0.2, 0.25) is 17.5 Å². The van der Waals surface area contributed by atoms with Crippen LogP contribution in [0.5, 0.6) is 23.0 Å². The van der Waals surface area contributed by atoms with Gasteiger partial charge >= 0.3 is 0 Å². The van der Waals surface area contributed by atoms with Gasteiger partial charge in [-0.05, 0) is 38.1 Å². The zero-order valence-corrected chi connectivity index (χ0v) is 27.5. The van der Waals surface area contributed by atoms with Gasteiger partial charge in [-0.15, -0.1) is 0 Å². The standard InChI is InChI=1S/C33H40O19/c1-10-19(36)23(40)26(43)32(48-10)52-30-20(37)11(2)47-31(28(30)45)46-9-17-21(38)24(41)27(44)33(51-17)49-14-5-3-12(4-6-14)29-25(42)22(39)18-15(35)7-13(34)8-16(18)50-29/h3-8,10-11,17,19-21,23-24,26-28,30-38,40-45H,9H2,1-2H3/t10-,11+,17-,19+,20+,21+,23+,24+,26-,27-,28-,30+,31-,32+,33-/m1/s1. The van der Waals surface area contributed by atoms with Crippen LogP contribution in [-0.2, 0) is 23.7 Å². The smallest absolute Gasteiger partial charge is 0.238 e. The number of fused-ring (bicyclic) bond motifs is 1. The number of aliphatic hydroxyl groups is 8. The molecule has 3 aliphatic rings. The lowest BCUT2D eigenvalue weighted by atomic mass is 9.97. The third-order valence-electron chi connectivity index (χ3n) is 9.28. The van der Waals surface area contributed by atoms with Crippen LogP contribution in [0, 0.1) is 0 Å². The van der Waals surface area contributed by atoms with E-state index in [1.165, 1.54) is 38.1 Å². The molecule has 19 heteroatoms. The molecule has 286 valence electrons. The number of benzene rings is 2. The van der Waals surface area contributed by atoms with E-state index in [9.17, 15) is 61.0 Å². The number of phenols is 2. The maximum absolute atomic E-state index is 12.7. The van der Waals surface area contributed by atoms with E-state index in [2.05, 4.69) is 0 Å². The van der Waals surface area contributed by atoms with Crippen LogP contribution in [0.25, 0.3) is 22.3 Å². The number of aliphatic hydroxyl groups excluding tert-OH is 8. The Hall–Kier alpha value is -3.67. The SMILES string of the molecule is C[C@@H]1O[C@@H](OC[C@H]2O[C@@H](Oc3ccc(-c4oc5cc(O)cc(O)c5c(=O)c4O)cc3)[C@H](O)[C@@H](O)[C@H]2O)[C@H](O)[C@@H](O[C@@H]2O[C@H](C)[C@H](O)[C@H](O)[C@H]2O)[C@H]1O. The van der Waals surface area contributed by atoms with Crippen molar-refractivity contribution in [3.8, 4) is 34.3 Å². The predicted octanol–water partition coefficient (Wildman–Crippen LogP) is -2.54. The van der Waals surface area contributed by atoms with Crippen molar-refractivity contribution in [3.05, 3.63) is 46.6 Å². The molecule has 3 fully saturated rings. The van der Waals surface area contributed by atoms with Crippen LogP contribution in [0.2, 0.25) is 0 Å². The van der Waals surface area contributed by atoms with Gasteiger partial charge in [0.05, 0.1) is 18.8 Å². The van der Waals surface area contributed by atoms with Crippen LogP contribution in [0.4, 0.5) is 0 Å². The molecule has 0 spiro atoms. The van der Waals surface area contributed by atoms with E-state index in [0.29, 0.717) is 0 Å². The van der Waals surface area contributed by atoms with Crippen molar-refractivity contribution in [2.45, 2.75) is 106 Å². The van der Waals surface area contributed by atoms with E-state index < -0.39 is 116 Å². The molecule has 3 aliphatic heterocycles. The normalized spacial score (nSPS) is 38.3. The highest BCUT2D eigenvalue weighted by atomic mass is 16.7. The van der Waals surface area contributed by atoms with Gasteiger partial charge in [0.15, 0.2) is 18.3 Å². The van der Waals surface area contributed by atoms with E-state index in [0.717, 1.165) is 12.1 Å². The largest absolute Gasteiger partial charge is 0.508 e. The number of phenolic OH excluding ortho intramolecular Hbond substituents is 2. The first-order chi connectivity index (χ1) is 24.6. The number of rotatable bonds is 8. The molecule has 6 rings (SSSR count). The summed E-state index contributed by atoms with van der Waals surface area (Å²) in [6.45, 7) is 2.31. The van der Waals surface area contributed by atoms with Crippen LogP contribution in [0.15, 0.2) is 45.6 Å². The molecule has 0 radical (unpaired) electrons. The summed E-state index contributed by atoms with van der Waals surface area (Å²) in [6, 6.07) is 7.46. The predicted molar refractivity (Wildman–Crippen MR) is 170 cm³/mol. The minimum atomic E-state index is -1.80. The molecule has 3 aromatic rings. The first kappa shape index (κ1) is 38.1. The van der Waals surface area contributed by atoms with Crippen LogP contribution in [-0.4, -0.2) is 155 Å². The molecule has 3 saturated heterocycles. The van der Waals surface area contributed by atoms with Crippen molar-refractivity contribution in [1.82, 2.24) is 0 Å². The van der Waals surface area contributed by atoms with E-state index >= 15 is 0 Å². The maximum Gasteiger partial charge on any atom is 0.238 e. The first-order valence-corrected chi connectivity index (χ1v) is 16.2. The van der Waals surface area contributed by atoms with E-state index in [1.807, 2.05) is 0 Å². The monoisotopic (exact) mass is 740 g/mol. The molecule has 0 saturated carbocycles. The highest BCUT2D eigenvalue weighted by Gasteiger charge is 2.51. The topological polar surface area (TPSA) is 308 Å². The minimum absolute atomic E-state index is 0.0573. The minimum Gasteiger partial charge on any atom is -0.508 e. The second-order valence-corrected chi connectivity index (χ2v) is 12.9. The van der Waals surface area contributed by atoms with Gasteiger partial charge < -0.3 is 89.0 Å². The zero-order valence-electron chi connectivity index (χ0n) is 27.5. The second kappa shape index (κ2) is 15.0. The van der Waals surface area contributed by atoms with Gasteiger partial charge in [0.25, 0.3) is 0 Å². The van der Waals surface area contributed by atoms with E-state index in [4.69, 9.17) is 32.8 Å². The van der Waals surface area contributed by atoms with Gasteiger partial charge in [0.1, 0.15) is 89.3 Å². The van der Waals surface area contributed by atoms with Gasteiger partial charge in [-0.25, -0.2) is 0 Å². The average Bonchev–Trinajstić information content (AvgIpc) is 3.11. The maximum atomic E-state index is 12.7. The Morgan fingerprint density at radius 3 is 1.98 bits per heavy atom. The van der Waals surface area contributed by atoms with Crippen molar-refractivity contribution in [2.75, 3.05) is 6.61 Å². The van der Waals surface area contributed by atoms with Gasteiger partial charge in [-0.2, -0.15) is 0 Å². The molecule has 0 bridgehead atoms. The molecule has 0 aliphatic carbocycles. The van der Waals surface area contributed by atoms with Crippen LogP contribution >= 0.6 is 0 Å². The van der Waals surface area contributed by atoms with Gasteiger partial charge in [0, 0.05) is 17.7 Å². The van der Waals surface area contributed by atoms with Crippen molar-refractivity contribution < 1.29 is 89.0 Å². The summed E-state index contributed by atoms with van der Waals surface area (Å²) >= 11 is 0. The van der Waals surface area contributed by atoms with Crippen molar-refractivity contribution >= 4 is 11.0 Å². The fourth-order valence-corrected chi connectivity index (χ4v) is 6.21. The molecule has 19 nitrogen and oxygen atoms in total. The first-order valence-electron chi connectivity index (χ1n) is 16.2. The van der Waals surface area contributed by atoms with Gasteiger partial charge in [-0.1, -0.05) is 0 Å². The summed E-state index contributed by atoms with van der Waals surface area (Å²) in [5, 5.41) is 114.